The molecule has 1 aliphatic heterocycles. The van der Waals surface area contributed by atoms with E-state index in [0.29, 0.717) is 12.4 Å². The fourth-order valence-electron chi connectivity index (χ4n) is 3.40. The van der Waals surface area contributed by atoms with Gasteiger partial charge in [-0.15, -0.1) is 22.0 Å². The Bertz CT molecular complexity index is 928. The average molecular weight is 395 g/mol. The van der Waals surface area contributed by atoms with Crippen molar-refractivity contribution in [1.82, 2.24) is 20.0 Å². The molecule has 1 N–H and O–H groups in total. The highest BCUT2D eigenvalue weighted by molar-refractivity contribution is 7.98. The SMILES string of the molecule is CSc1ccccc1NC(=O)C1CCCN(c2ccc(-n3cccn3)nn2)C1. The summed E-state index contributed by atoms with van der Waals surface area (Å²) >= 11 is 1.63. The first-order valence-electron chi connectivity index (χ1n) is 9.27. The smallest absolute Gasteiger partial charge is 0.229 e. The lowest BCUT2D eigenvalue weighted by Crippen LogP contribution is -2.41. The van der Waals surface area contributed by atoms with Gasteiger partial charge in [0.15, 0.2) is 11.6 Å². The quantitative estimate of drug-likeness (QED) is 0.670. The first-order valence-corrected chi connectivity index (χ1v) is 10.5. The summed E-state index contributed by atoms with van der Waals surface area (Å²) in [4.78, 5) is 16.0. The van der Waals surface area contributed by atoms with Crippen molar-refractivity contribution in [1.29, 1.82) is 0 Å². The zero-order valence-electron chi connectivity index (χ0n) is 15.7. The van der Waals surface area contributed by atoms with Gasteiger partial charge in [-0.05, 0) is 49.4 Å². The van der Waals surface area contributed by atoms with Gasteiger partial charge in [-0.2, -0.15) is 5.10 Å². The zero-order valence-corrected chi connectivity index (χ0v) is 16.5. The second-order valence-corrected chi connectivity index (χ2v) is 7.52. The first kappa shape index (κ1) is 18.5. The fourth-order valence-corrected chi connectivity index (χ4v) is 3.95. The van der Waals surface area contributed by atoms with Crippen LogP contribution in [-0.2, 0) is 4.79 Å². The van der Waals surface area contributed by atoms with Crippen molar-refractivity contribution < 1.29 is 4.79 Å². The summed E-state index contributed by atoms with van der Waals surface area (Å²) in [6.45, 7) is 1.52. The van der Waals surface area contributed by atoms with Crippen molar-refractivity contribution in [2.24, 2.45) is 5.92 Å². The van der Waals surface area contributed by atoms with Crippen molar-refractivity contribution >= 4 is 29.2 Å². The number of amides is 1. The summed E-state index contributed by atoms with van der Waals surface area (Å²) in [5.74, 6) is 1.45. The van der Waals surface area contributed by atoms with Gasteiger partial charge in [-0.3, -0.25) is 4.79 Å². The van der Waals surface area contributed by atoms with E-state index in [2.05, 4.69) is 25.5 Å². The van der Waals surface area contributed by atoms with Gasteiger partial charge in [0.1, 0.15) is 0 Å². The summed E-state index contributed by atoms with van der Waals surface area (Å²) in [6, 6.07) is 13.6. The van der Waals surface area contributed by atoms with Gasteiger partial charge in [0.25, 0.3) is 0 Å². The van der Waals surface area contributed by atoms with Crippen LogP contribution in [-0.4, -0.2) is 45.2 Å². The molecule has 4 rings (SSSR count). The number of rotatable bonds is 5. The summed E-state index contributed by atoms with van der Waals surface area (Å²) in [7, 11) is 0. The van der Waals surface area contributed by atoms with Crippen LogP contribution in [0.2, 0.25) is 0 Å². The molecule has 1 fully saturated rings. The van der Waals surface area contributed by atoms with Crippen LogP contribution in [0.25, 0.3) is 5.82 Å². The largest absolute Gasteiger partial charge is 0.354 e. The number of nitrogens with one attached hydrogen (secondary N) is 1. The Hall–Kier alpha value is -2.87. The first-order chi connectivity index (χ1) is 13.7. The molecule has 0 bridgehead atoms. The molecule has 1 atom stereocenters. The van der Waals surface area contributed by atoms with E-state index in [-0.39, 0.29) is 11.8 Å². The minimum atomic E-state index is -0.0729. The summed E-state index contributed by atoms with van der Waals surface area (Å²) in [6.07, 6.45) is 7.38. The Morgan fingerprint density at radius 1 is 1.14 bits per heavy atom. The van der Waals surface area contributed by atoms with E-state index < -0.39 is 0 Å². The third kappa shape index (κ3) is 4.01. The van der Waals surface area contributed by atoms with E-state index in [1.807, 2.05) is 54.9 Å². The molecule has 3 aromatic rings. The minimum Gasteiger partial charge on any atom is -0.354 e. The summed E-state index contributed by atoms with van der Waals surface area (Å²) in [5, 5.41) is 15.9. The molecular formula is C20H22N6OS. The third-order valence-corrected chi connectivity index (χ3v) is 5.65. The predicted octanol–water partition coefficient (Wildman–Crippen LogP) is 3.24. The highest BCUT2D eigenvalue weighted by Gasteiger charge is 2.27. The molecule has 1 amide bonds. The van der Waals surface area contributed by atoms with Crippen molar-refractivity contribution in [3.8, 4) is 5.82 Å². The molecule has 0 saturated carbocycles. The number of anilines is 2. The van der Waals surface area contributed by atoms with E-state index in [4.69, 9.17) is 0 Å². The molecule has 0 spiro atoms. The number of aromatic nitrogens is 4. The van der Waals surface area contributed by atoms with Crippen molar-refractivity contribution in [3.05, 3.63) is 54.9 Å². The topological polar surface area (TPSA) is 75.9 Å². The summed E-state index contributed by atoms with van der Waals surface area (Å²) < 4.78 is 1.67. The van der Waals surface area contributed by atoms with Crippen LogP contribution < -0.4 is 10.2 Å². The van der Waals surface area contributed by atoms with Crippen LogP contribution >= 0.6 is 11.8 Å². The van der Waals surface area contributed by atoms with Gasteiger partial charge in [-0.1, -0.05) is 12.1 Å². The Balaban J connectivity index is 1.43. The van der Waals surface area contributed by atoms with Crippen molar-refractivity contribution in [2.45, 2.75) is 17.7 Å². The molecule has 0 aliphatic carbocycles. The number of para-hydroxylation sites is 1. The van der Waals surface area contributed by atoms with E-state index in [0.717, 1.165) is 35.8 Å². The average Bonchev–Trinajstić information content (AvgIpc) is 3.29. The number of carbonyl (C=O) groups is 1. The lowest BCUT2D eigenvalue weighted by atomic mass is 9.97. The standard InChI is InChI=1S/C20H22N6OS/c1-28-17-8-3-2-7-16(17)22-20(27)15-6-4-12-25(14-15)18-9-10-19(24-23-18)26-13-5-11-21-26/h2-3,5,7-11,13,15H,4,6,12,14H2,1H3,(H,22,27). The Morgan fingerprint density at radius 3 is 2.71 bits per heavy atom. The normalized spacial score (nSPS) is 16.8. The van der Waals surface area contributed by atoms with Gasteiger partial charge in [0.2, 0.25) is 5.91 Å². The number of hydrogen-bond acceptors (Lipinski definition) is 6. The monoisotopic (exact) mass is 394 g/mol. The molecule has 8 heteroatoms. The molecule has 1 unspecified atom stereocenters. The highest BCUT2D eigenvalue weighted by atomic mass is 32.2. The van der Waals surface area contributed by atoms with Crippen LogP contribution in [0.5, 0.6) is 0 Å². The van der Waals surface area contributed by atoms with Gasteiger partial charge in [0, 0.05) is 30.4 Å². The molecule has 1 aliphatic rings. The number of hydrogen-bond donors (Lipinski definition) is 1. The van der Waals surface area contributed by atoms with Crippen molar-refractivity contribution in [3.63, 3.8) is 0 Å². The number of benzene rings is 1. The third-order valence-electron chi connectivity index (χ3n) is 4.86. The second-order valence-electron chi connectivity index (χ2n) is 6.68. The Morgan fingerprint density at radius 2 is 1.96 bits per heavy atom. The predicted molar refractivity (Wildman–Crippen MR) is 111 cm³/mol. The molecule has 1 aromatic carbocycles. The highest BCUT2D eigenvalue weighted by Crippen LogP contribution is 2.27. The second kappa shape index (κ2) is 8.43. The number of thioether (sulfide) groups is 1. The van der Waals surface area contributed by atoms with Crippen molar-refractivity contribution in [2.75, 3.05) is 29.6 Å². The molecule has 28 heavy (non-hydrogen) atoms. The molecule has 3 heterocycles. The maximum atomic E-state index is 12.8. The van der Waals surface area contributed by atoms with E-state index >= 15 is 0 Å². The van der Waals surface area contributed by atoms with E-state index in [9.17, 15) is 4.79 Å². The molecular weight excluding hydrogens is 372 g/mol. The molecule has 144 valence electrons. The minimum absolute atomic E-state index is 0.0623. The van der Waals surface area contributed by atoms with Gasteiger partial charge in [-0.25, -0.2) is 4.68 Å². The fraction of sp³-hybridized carbons (Fsp3) is 0.300. The Labute approximate surface area is 168 Å². The van der Waals surface area contributed by atoms with Gasteiger partial charge < -0.3 is 10.2 Å². The maximum absolute atomic E-state index is 12.8. The lowest BCUT2D eigenvalue weighted by Gasteiger charge is -2.32. The van der Waals surface area contributed by atoms with Crippen LogP contribution in [0.15, 0.2) is 59.8 Å². The molecule has 2 aromatic heterocycles. The Kier molecular flexibility index (Phi) is 5.57. The van der Waals surface area contributed by atoms with Crippen LogP contribution in [0.3, 0.4) is 0 Å². The molecule has 0 radical (unpaired) electrons. The summed E-state index contributed by atoms with van der Waals surface area (Å²) in [5.41, 5.74) is 0.875. The molecule has 7 nitrogen and oxygen atoms in total. The lowest BCUT2D eigenvalue weighted by molar-refractivity contribution is -0.120. The van der Waals surface area contributed by atoms with E-state index in [1.54, 1.807) is 22.6 Å². The zero-order chi connectivity index (χ0) is 19.3. The number of piperidine rings is 1. The van der Waals surface area contributed by atoms with Crippen LogP contribution in [0, 0.1) is 5.92 Å². The van der Waals surface area contributed by atoms with Crippen LogP contribution in [0.1, 0.15) is 12.8 Å². The van der Waals surface area contributed by atoms with Crippen LogP contribution in [0.4, 0.5) is 11.5 Å². The number of nitrogens with zero attached hydrogens (tertiary/aromatic N) is 5. The number of carbonyl (C=O) groups excluding carboxylic acids is 1. The van der Waals surface area contributed by atoms with Gasteiger partial charge >= 0.3 is 0 Å². The van der Waals surface area contributed by atoms with E-state index in [1.165, 1.54) is 0 Å². The maximum Gasteiger partial charge on any atom is 0.229 e. The molecule has 1 saturated heterocycles. The van der Waals surface area contributed by atoms with Gasteiger partial charge in [0.05, 0.1) is 11.6 Å².